The largest absolute Gasteiger partial charge is 0.425 e. The molecule has 0 saturated carbocycles. The molecule has 0 radical (unpaired) electrons. The fourth-order valence-electron chi connectivity index (χ4n) is 0.591. The molecular weight excluding hydrogens is 180 g/mol. The summed E-state index contributed by atoms with van der Waals surface area (Å²) in [5.41, 5.74) is 4.04. The van der Waals surface area contributed by atoms with Crippen molar-refractivity contribution in [3.8, 4) is 0 Å². The smallest absolute Gasteiger partial charge is 0.368 e. The minimum absolute atomic E-state index is 0.350. The van der Waals surface area contributed by atoms with E-state index in [1.807, 2.05) is 0 Å². The van der Waals surface area contributed by atoms with E-state index in [0.29, 0.717) is 6.07 Å². The van der Waals surface area contributed by atoms with Gasteiger partial charge in [0.1, 0.15) is 5.69 Å². The van der Waals surface area contributed by atoms with Crippen molar-refractivity contribution in [1.29, 1.82) is 0 Å². The van der Waals surface area contributed by atoms with Gasteiger partial charge in [0.15, 0.2) is 0 Å². The van der Waals surface area contributed by atoms with Gasteiger partial charge in [0.25, 0.3) is 0 Å². The molecule has 0 aliphatic rings. The monoisotopic (exact) mass is 184 g/mol. The zero-order chi connectivity index (χ0) is 9.35. The van der Waals surface area contributed by atoms with Crippen molar-refractivity contribution >= 4 is 5.88 Å². The molecule has 0 aliphatic heterocycles. The van der Waals surface area contributed by atoms with Crippen molar-refractivity contribution in [1.82, 2.24) is 5.16 Å². The van der Waals surface area contributed by atoms with Gasteiger partial charge in [-0.3, -0.25) is 0 Å². The number of nitrogen functional groups attached to an aromatic ring is 1. The molecule has 0 amide bonds. The summed E-state index contributed by atoms with van der Waals surface area (Å²) in [6.45, 7) is 0. The van der Waals surface area contributed by atoms with Crippen LogP contribution in [0.5, 0.6) is 0 Å². The van der Waals surface area contributed by atoms with Crippen LogP contribution in [-0.2, 0) is 0 Å². The lowest BCUT2D eigenvalue weighted by Gasteiger charge is -2.07. The first-order valence-electron chi connectivity index (χ1n) is 2.84. The third-order valence-electron chi connectivity index (χ3n) is 1.09. The maximum absolute atomic E-state index is 12.4. The lowest BCUT2D eigenvalue weighted by atomic mass is 10.3. The van der Waals surface area contributed by atoms with Gasteiger partial charge in [-0.2, -0.15) is 13.2 Å². The van der Waals surface area contributed by atoms with Gasteiger partial charge in [-0.05, 0) is 0 Å². The summed E-state index contributed by atoms with van der Waals surface area (Å²) >= 11 is 0. The highest BCUT2D eigenvalue weighted by atomic mass is 19.4. The maximum Gasteiger partial charge on any atom is 0.425 e. The van der Waals surface area contributed by atoms with Crippen molar-refractivity contribution in [3.05, 3.63) is 11.8 Å². The highest BCUT2D eigenvalue weighted by molar-refractivity contribution is 5.25. The Balaban J connectivity index is 2.85. The maximum atomic E-state index is 12.4. The second-order valence-corrected chi connectivity index (χ2v) is 2.06. The predicted molar refractivity (Wildman–Crippen MR) is 30.8 cm³/mol. The summed E-state index contributed by atoms with van der Waals surface area (Å²) in [6, 6.07) is 0.693. The first-order chi connectivity index (χ1) is 5.41. The lowest BCUT2D eigenvalue weighted by molar-refractivity contribution is -0.184. The van der Waals surface area contributed by atoms with Crippen molar-refractivity contribution in [3.63, 3.8) is 0 Å². The van der Waals surface area contributed by atoms with Crippen molar-refractivity contribution in [2.24, 2.45) is 0 Å². The van der Waals surface area contributed by atoms with E-state index in [4.69, 9.17) is 5.73 Å². The summed E-state index contributed by atoms with van der Waals surface area (Å²) in [6.07, 6.45) is -8.11. The Morgan fingerprint density at radius 2 is 2.08 bits per heavy atom. The number of anilines is 1. The Kier molecular flexibility index (Phi) is 1.95. The number of aromatic nitrogens is 1. The van der Waals surface area contributed by atoms with Crippen molar-refractivity contribution in [2.75, 3.05) is 5.73 Å². The van der Waals surface area contributed by atoms with Crippen LogP contribution < -0.4 is 5.73 Å². The molecule has 7 heteroatoms. The van der Waals surface area contributed by atoms with E-state index in [1.54, 1.807) is 0 Å². The summed E-state index contributed by atoms with van der Waals surface area (Å²) < 4.78 is 51.4. The van der Waals surface area contributed by atoms with Crippen molar-refractivity contribution in [2.45, 2.75) is 12.3 Å². The number of rotatable bonds is 1. The highest BCUT2D eigenvalue weighted by Crippen LogP contribution is 2.35. The van der Waals surface area contributed by atoms with Crippen LogP contribution in [0.3, 0.4) is 0 Å². The minimum atomic E-state index is -4.97. The number of hydrogen-bond donors (Lipinski definition) is 1. The highest BCUT2D eigenvalue weighted by Gasteiger charge is 2.43. The normalized spacial score (nSPS) is 14.7. The molecular formula is C5H4F4N2O. The topological polar surface area (TPSA) is 52.0 Å². The molecule has 3 nitrogen and oxygen atoms in total. The molecule has 0 fully saturated rings. The van der Waals surface area contributed by atoms with Crippen LogP contribution in [0.25, 0.3) is 0 Å². The van der Waals surface area contributed by atoms with Crippen LogP contribution in [0.2, 0.25) is 0 Å². The van der Waals surface area contributed by atoms with E-state index >= 15 is 0 Å². The fraction of sp³-hybridized carbons (Fsp3) is 0.400. The first-order valence-corrected chi connectivity index (χ1v) is 2.84. The molecule has 0 spiro atoms. The Bertz CT molecular complexity index is 269. The number of hydrogen-bond acceptors (Lipinski definition) is 3. The number of nitrogens with two attached hydrogens (primary N) is 1. The molecule has 2 N–H and O–H groups in total. The molecule has 0 aliphatic carbocycles. The molecule has 0 saturated heterocycles. The molecule has 1 aromatic rings. The minimum Gasteiger partial charge on any atom is -0.368 e. The molecule has 1 atom stereocenters. The summed E-state index contributed by atoms with van der Waals surface area (Å²) in [5, 5.41) is 2.79. The van der Waals surface area contributed by atoms with Crippen LogP contribution >= 0.6 is 0 Å². The first kappa shape index (κ1) is 8.82. The van der Waals surface area contributed by atoms with Crippen LogP contribution in [0, 0.1) is 0 Å². The Morgan fingerprint density at radius 1 is 1.50 bits per heavy atom. The Morgan fingerprint density at radius 3 is 2.42 bits per heavy atom. The molecule has 1 aromatic heterocycles. The average molecular weight is 184 g/mol. The van der Waals surface area contributed by atoms with E-state index in [-0.39, 0.29) is 5.88 Å². The number of alkyl halides is 4. The van der Waals surface area contributed by atoms with Gasteiger partial charge in [0, 0.05) is 6.07 Å². The second kappa shape index (κ2) is 2.65. The van der Waals surface area contributed by atoms with E-state index in [0.717, 1.165) is 0 Å². The van der Waals surface area contributed by atoms with E-state index in [9.17, 15) is 17.6 Å². The lowest BCUT2D eigenvalue weighted by Crippen LogP contribution is -2.16. The molecule has 1 rings (SSSR count). The Hall–Kier alpha value is -1.27. The van der Waals surface area contributed by atoms with Crippen LogP contribution in [0.15, 0.2) is 10.6 Å². The van der Waals surface area contributed by atoms with Gasteiger partial charge in [-0.25, -0.2) is 4.39 Å². The van der Waals surface area contributed by atoms with Gasteiger partial charge in [0.05, 0.1) is 0 Å². The third kappa shape index (κ3) is 1.66. The van der Waals surface area contributed by atoms with Crippen LogP contribution in [-0.4, -0.2) is 11.3 Å². The second-order valence-electron chi connectivity index (χ2n) is 2.06. The van der Waals surface area contributed by atoms with E-state index in [1.165, 1.54) is 0 Å². The summed E-state index contributed by atoms with van der Waals surface area (Å²) in [7, 11) is 0. The van der Waals surface area contributed by atoms with E-state index < -0.39 is 18.0 Å². The predicted octanol–water partition coefficient (Wildman–Crippen LogP) is 1.83. The van der Waals surface area contributed by atoms with Gasteiger partial charge in [-0.15, -0.1) is 0 Å². The van der Waals surface area contributed by atoms with Gasteiger partial charge in [-0.1, -0.05) is 5.16 Å². The SMILES string of the molecule is Nc1cc(C(F)C(F)(F)F)no1. The van der Waals surface area contributed by atoms with Crippen LogP contribution in [0.4, 0.5) is 23.4 Å². The molecule has 1 unspecified atom stereocenters. The van der Waals surface area contributed by atoms with Gasteiger partial charge < -0.3 is 10.3 Å². The zero-order valence-electron chi connectivity index (χ0n) is 5.60. The van der Waals surface area contributed by atoms with Gasteiger partial charge in [0.2, 0.25) is 12.1 Å². The fourth-order valence-corrected chi connectivity index (χ4v) is 0.591. The molecule has 68 valence electrons. The van der Waals surface area contributed by atoms with E-state index in [2.05, 4.69) is 9.68 Å². The standard InChI is InChI=1S/C5H4F4N2O/c6-4(5(7,8)9)2-1-3(10)12-11-2/h1,4H,10H2. The number of halogens is 4. The van der Waals surface area contributed by atoms with Gasteiger partial charge >= 0.3 is 6.18 Å². The molecule has 0 aromatic carbocycles. The van der Waals surface area contributed by atoms with Crippen LogP contribution in [0.1, 0.15) is 11.9 Å². The zero-order valence-corrected chi connectivity index (χ0v) is 5.60. The molecule has 12 heavy (non-hydrogen) atoms. The summed E-state index contributed by atoms with van der Waals surface area (Å²) in [4.78, 5) is 0. The number of nitrogens with zero attached hydrogens (tertiary/aromatic N) is 1. The van der Waals surface area contributed by atoms with Crippen molar-refractivity contribution < 1.29 is 22.1 Å². The third-order valence-corrected chi connectivity index (χ3v) is 1.09. The molecule has 0 bridgehead atoms. The average Bonchev–Trinajstić information content (AvgIpc) is 2.32. The quantitative estimate of drug-likeness (QED) is 0.677. The summed E-state index contributed by atoms with van der Waals surface area (Å²) in [5.74, 6) is -0.350. The molecule has 1 heterocycles. The Labute approximate surface area is 64.1 Å².